The van der Waals surface area contributed by atoms with Gasteiger partial charge < -0.3 is 10.1 Å². The summed E-state index contributed by atoms with van der Waals surface area (Å²) in [5.74, 6) is -0.665. The highest BCUT2D eigenvalue weighted by molar-refractivity contribution is 6.03. The van der Waals surface area contributed by atoms with Crippen LogP contribution in [0.25, 0.3) is 16.8 Å². The first-order chi connectivity index (χ1) is 12.2. The number of anilines is 1. The fourth-order valence-electron chi connectivity index (χ4n) is 2.40. The average Bonchev–Trinajstić information content (AvgIpc) is 2.66. The number of methoxy groups -OCH3 is 1. The molecule has 124 valence electrons. The third kappa shape index (κ3) is 4.09. The smallest absolute Gasteiger partial charge is 0.337 e. The molecule has 0 fully saturated rings. The normalized spacial score (nSPS) is 10.8. The zero-order chi connectivity index (χ0) is 17.6. The molecule has 1 heterocycles. The highest BCUT2D eigenvalue weighted by Gasteiger charge is 2.05. The van der Waals surface area contributed by atoms with E-state index in [9.17, 15) is 9.59 Å². The quantitative estimate of drug-likeness (QED) is 0.584. The van der Waals surface area contributed by atoms with Crippen molar-refractivity contribution in [1.29, 1.82) is 0 Å². The van der Waals surface area contributed by atoms with Crippen LogP contribution in [0.15, 0.2) is 67.0 Å². The summed E-state index contributed by atoms with van der Waals surface area (Å²) < 4.78 is 4.68. The van der Waals surface area contributed by atoms with Crippen molar-refractivity contribution in [2.75, 3.05) is 12.4 Å². The molecule has 0 saturated carbocycles. The molecule has 1 N–H and O–H groups in total. The molecule has 3 rings (SSSR count). The summed E-state index contributed by atoms with van der Waals surface area (Å²) in [5.41, 5.74) is 1.88. The number of nitrogens with zero attached hydrogens (tertiary/aromatic N) is 1. The van der Waals surface area contributed by atoms with E-state index in [0.717, 1.165) is 16.3 Å². The van der Waals surface area contributed by atoms with Crippen LogP contribution in [-0.4, -0.2) is 24.0 Å². The van der Waals surface area contributed by atoms with Crippen LogP contribution in [0.4, 0.5) is 5.69 Å². The molecular formula is C20H16N2O3. The van der Waals surface area contributed by atoms with Gasteiger partial charge in [-0.15, -0.1) is 0 Å². The Morgan fingerprint density at radius 1 is 1.08 bits per heavy atom. The van der Waals surface area contributed by atoms with Gasteiger partial charge in [-0.1, -0.05) is 18.2 Å². The molecule has 0 unspecified atom stereocenters. The summed E-state index contributed by atoms with van der Waals surface area (Å²) in [6.45, 7) is 0. The summed E-state index contributed by atoms with van der Waals surface area (Å²) in [6, 6.07) is 14.4. The predicted octanol–water partition coefficient (Wildman–Crippen LogP) is 3.67. The lowest BCUT2D eigenvalue weighted by Gasteiger charge is -2.04. The highest BCUT2D eigenvalue weighted by atomic mass is 16.5. The Balaban J connectivity index is 1.71. The number of carbonyl (C=O) groups excluding carboxylic acids is 2. The highest BCUT2D eigenvalue weighted by Crippen LogP contribution is 2.18. The first-order valence-corrected chi connectivity index (χ1v) is 7.67. The van der Waals surface area contributed by atoms with Crippen molar-refractivity contribution < 1.29 is 14.3 Å². The second-order valence-electron chi connectivity index (χ2n) is 5.38. The van der Waals surface area contributed by atoms with Gasteiger partial charge in [-0.2, -0.15) is 0 Å². The molecule has 25 heavy (non-hydrogen) atoms. The molecule has 5 nitrogen and oxygen atoms in total. The van der Waals surface area contributed by atoms with E-state index >= 15 is 0 Å². The van der Waals surface area contributed by atoms with Gasteiger partial charge in [-0.05, 0) is 47.4 Å². The van der Waals surface area contributed by atoms with Gasteiger partial charge in [0, 0.05) is 29.5 Å². The maximum absolute atomic E-state index is 12.1. The van der Waals surface area contributed by atoms with Crippen LogP contribution in [0.3, 0.4) is 0 Å². The molecular weight excluding hydrogens is 316 g/mol. The summed E-state index contributed by atoms with van der Waals surface area (Å²) in [7, 11) is 1.33. The molecule has 0 spiro atoms. The van der Waals surface area contributed by atoms with Crippen molar-refractivity contribution in [3.8, 4) is 0 Å². The number of rotatable bonds is 4. The van der Waals surface area contributed by atoms with E-state index in [4.69, 9.17) is 0 Å². The number of hydrogen-bond acceptors (Lipinski definition) is 4. The maximum atomic E-state index is 12.1. The number of ether oxygens (including phenoxy) is 1. The summed E-state index contributed by atoms with van der Waals surface area (Å²) in [6.07, 6.45) is 6.55. The molecule has 1 amide bonds. The fraction of sp³-hybridized carbons (Fsp3) is 0.0500. The SMILES string of the molecule is COC(=O)c1cccc(/C=C/C(=O)Nc2ccc3cnccc3c2)c1. The second-order valence-corrected chi connectivity index (χ2v) is 5.38. The molecule has 3 aromatic rings. The Morgan fingerprint density at radius 2 is 1.96 bits per heavy atom. The van der Waals surface area contributed by atoms with Gasteiger partial charge in [0.15, 0.2) is 0 Å². The zero-order valence-electron chi connectivity index (χ0n) is 13.6. The molecule has 0 radical (unpaired) electrons. The van der Waals surface area contributed by atoms with Crippen LogP contribution in [-0.2, 0) is 9.53 Å². The Kier molecular flexibility index (Phi) is 4.85. The minimum Gasteiger partial charge on any atom is -0.465 e. The zero-order valence-corrected chi connectivity index (χ0v) is 13.6. The minimum absolute atomic E-state index is 0.253. The van der Waals surface area contributed by atoms with Gasteiger partial charge in [-0.3, -0.25) is 9.78 Å². The Morgan fingerprint density at radius 3 is 2.80 bits per heavy atom. The van der Waals surface area contributed by atoms with E-state index in [1.807, 2.05) is 24.3 Å². The molecule has 0 aliphatic rings. The van der Waals surface area contributed by atoms with Crippen molar-refractivity contribution in [3.05, 3.63) is 78.1 Å². The molecule has 0 aliphatic carbocycles. The van der Waals surface area contributed by atoms with Crippen LogP contribution in [0, 0.1) is 0 Å². The van der Waals surface area contributed by atoms with Crippen molar-refractivity contribution in [3.63, 3.8) is 0 Å². The van der Waals surface area contributed by atoms with E-state index < -0.39 is 5.97 Å². The molecule has 1 aromatic heterocycles. The van der Waals surface area contributed by atoms with Crippen LogP contribution in [0.2, 0.25) is 0 Å². The van der Waals surface area contributed by atoms with Gasteiger partial charge in [0.1, 0.15) is 0 Å². The van der Waals surface area contributed by atoms with Gasteiger partial charge in [0.25, 0.3) is 0 Å². The van der Waals surface area contributed by atoms with E-state index in [-0.39, 0.29) is 5.91 Å². The standard InChI is InChI=1S/C20H16N2O3/c1-25-20(24)16-4-2-3-14(11-16)5-8-19(23)22-18-7-6-17-13-21-10-9-15(17)12-18/h2-13H,1H3,(H,22,23)/b8-5+. The topological polar surface area (TPSA) is 68.3 Å². The molecule has 0 saturated heterocycles. The molecule has 2 aromatic carbocycles. The number of aromatic nitrogens is 1. The predicted molar refractivity (Wildman–Crippen MR) is 97.2 cm³/mol. The number of fused-ring (bicyclic) bond motifs is 1. The van der Waals surface area contributed by atoms with Gasteiger partial charge in [-0.25, -0.2) is 4.79 Å². The Hall–Kier alpha value is -3.47. The van der Waals surface area contributed by atoms with Crippen LogP contribution >= 0.6 is 0 Å². The molecule has 5 heteroatoms. The van der Waals surface area contributed by atoms with Crippen molar-refractivity contribution in [2.45, 2.75) is 0 Å². The molecule has 0 atom stereocenters. The number of hydrogen-bond donors (Lipinski definition) is 1. The summed E-state index contributed by atoms with van der Waals surface area (Å²) >= 11 is 0. The summed E-state index contributed by atoms with van der Waals surface area (Å²) in [4.78, 5) is 27.7. The second kappa shape index (κ2) is 7.40. The van der Waals surface area contributed by atoms with E-state index in [0.29, 0.717) is 11.3 Å². The number of benzene rings is 2. The molecule has 0 aliphatic heterocycles. The monoisotopic (exact) mass is 332 g/mol. The minimum atomic E-state index is -0.412. The Labute approximate surface area is 145 Å². The maximum Gasteiger partial charge on any atom is 0.337 e. The number of carbonyl (C=O) groups is 2. The van der Waals surface area contributed by atoms with Crippen LogP contribution < -0.4 is 5.32 Å². The molecule has 0 bridgehead atoms. The third-order valence-corrected chi connectivity index (χ3v) is 3.64. The Bertz CT molecular complexity index is 964. The average molecular weight is 332 g/mol. The number of esters is 1. The van der Waals surface area contributed by atoms with Crippen molar-refractivity contribution in [2.24, 2.45) is 0 Å². The fourth-order valence-corrected chi connectivity index (χ4v) is 2.40. The van der Waals surface area contributed by atoms with E-state index in [2.05, 4.69) is 15.0 Å². The van der Waals surface area contributed by atoms with E-state index in [1.165, 1.54) is 13.2 Å². The lowest BCUT2D eigenvalue weighted by atomic mass is 10.1. The lowest BCUT2D eigenvalue weighted by molar-refractivity contribution is -0.111. The van der Waals surface area contributed by atoms with Crippen LogP contribution in [0.1, 0.15) is 15.9 Å². The van der Waals surface area contributed by atoms with Crippen molar-refractivity contribution >= 4 is 34.4 Å². The largest absolute Gasteiger partial charge is 0.465 e. The van der Waals surface area contributed by atoms with Crippen LogP contribution in [0.5, 0.6) is 0 Å². The number of pyridine rings is 1. The lowest BCUT2D eigenvalue weighted by Crippen LogP contribution is -2.07. The van der Waals surface area contributed by atoms with Gasteiger partial charge in [0.2, 0.25) is 5.91 Å². The third-order valence-electron chi connectivity index (χ3n) is 3.64. The van der Waals surface area contributed by atoms with Gasteiger partial charge >= 0.3 is 5.97 Å². The summed E-state index contributed by atoms with van der Waals surface area (Å²) in [5, 5.41) is 4.83. The van der Waals surface area contributed by atoms with Crippen molar-refractivity contribution in [1.82, 2.24) is 4.98 Å². The number of amides is 1. The first-order valence-electron chi connectivity index (χ1n) is 7.67. The van der Waals surface area contributed by atoms with Gasteiger partial charge in [0.05, 0.1) is 12.7 Å². The van der Waals surface area contributed by atoms with E-state index in [1.54, 1.807) is 42.7 Å². The first kappa shape index (κ1) is 16.4. The number of nitrogens with one attached hydrogen (secondary N) is 1.